The number of carbonyl (C=O) groups excluding carboxylic acids is 1. The van der Waals surface area contributed by atoms with Crippen LogP contribution in [0.3, 0.4) is 0 Å². The molecule has 1 amide bonds. The van der Waals surface area contributed by atoms with Crippen LogP contribution in [0.1, 0.15) is 32.6 Å². The summed E-state index contributed by atoms with van der Waals surface area (Å²) in [6.45, 7) is 1.85. The summed E-state index contributed by atoms with van der Waals surface area (Å²) in [7, 11) is -3.19. The zero-order valence-electron chi connectivity index (χ0n) is 10.9. The second-order valence-corrected chi connectivity index (χ2v) is 5.96. The fourth-order valence-electron chi connectivity index (χ4n) is 2.39. The maximum absolute atomic E-state index is 12.0. The molecule has 2 N–H and O–H groups in total. The average Bonchev–Trinajstić information content (AvgIpc) is 2.74. The minimum Gasteiger partial charge on any atom is -0.480 e. The minimum absolute atomic E-state index is 0.0681. The molecule has 1 aliphatic rings. The Labute approximate surface area is 111 Å². The van der Waals surface area contributed by atoms with E-state index in [1.54, 1.807) is 11.6 Å². The number of carboxylic acids is 1. The monoisotopic (exact) mass is 294 g/mol. The maximum atomic E-state index is 12.0. The Kier molecular flexibility index (Phi) is 4.75. The third-order valence-electron chi connectivity index (χ3n) is 3.18. The first-order valence-corrected chi connectivity index (χ1v) is 7.36. The summed E-state index contributed by atoms with van der Waals surface area (Å²) in [5.74, 6) is -1.19. The van der Waals surface area contributed by atoms with Crippen molar-refractivity contribution in [1.82, 2.24) is 9.03 Å². The second-order valence-electron chi connectivity index (χ2n) is 4.36. The lowest BCUT2D eigenvalue weighted by molar-refractivity contribution is -0.147. The standard InChI is InChI=1S/C10H18N2O6S/c1-3-5-10(8(13)14)6-4-7-12(10)19(16,17)11-9(15)18-2/h3-7H2,1-2H3,(H,11,15)(H,13,14). The topological polar surface area (TPSA) is 113 Å². The zero-order chi connectivity index (χ0) is 14.7. The summed E-state index contributed by atoms with van der Waals surface area (Å²) in [5, 5.41) is 9.37. The van der Waals surface area contributed by atoms with Gasteiger partial charge in [0, 0.05) is 6.54 Å². The van der Waals surface area contributed by atoms with Gasteiger partial charge in [-0.3, -0.25) is 4.79 Å². The molecule has 0 aromatic rings. The Morgan fingerprint density at radius 1 is 1.47 bits per heavy atom. The molecule has 0 aromatic heterocycles. The van der Waals surface area contributed by atoms with Crippen molar-refractivity contribution in [3.05, 3.63) is 0 Å². The van der Waals surface area contributed by atoms with Crippen molar-refractivity contribution in [2.45, 2.75) is 38.1 Å². The smallest absolute Gasteiger partial charge is 0.421 e. The van der Waals surface area contributed by atoms with Gasteiger partial charge >= 0.3 is 22.3 Å². The molecule has 1 atom stereocenters. The number of amides is 1. The van der Waals surface area contributed by atoms with Crippen LogP contribution in [0.25, 0.3) is 0 Å². The Bertz CT molecular complexity index is 463. The van der Waals surface area contributed by atoms with E-state index in [4.69, 9.17) is 0 Å². The molecule has 0 saturated carbocycles. The van der Waals surface area contributed by atoms with Gasteiger partial charge in [-0.05, 0) is 19.3 Å². The van der Waals surface area contributed by atoms with E-state index in [-0.39, 0.29) is 19.4 Å². The van der Waals surface area contributed by atoms with E-state index in [9.17, 15) is 23.1 Å². The number of nitrogens with one attached hydrogen (secondary N) is 1. The third kappa shape index (κ3) is 2.98. The lowest BCUT2D eigenvalue weighted by Gasteiger charge is -2.33. The summed E-state index contributed by atoms with van der Waals surface area (Å²) in [4.78, 5) is 22.5. The highest BCUT2D eigenvalue weighted by molar-refractivity contribution is 7.87. The van der Waals surface area contributed by atoms with Gasteiger partial charge in [0.15, 0.2) is 0 Å². The van der Waals surface area contributed by atoms with Crippen LogP contribution in [-0.4, -0.2) is 49.1 Å². The molecule has 0 bridgehead atoms. The summed E-state index contributed by atoms with van der Waals surface area (Å²) in [6, 6.07) is 0. The molecular weight excluding hydrogens is 276 g/mol. The van der Waals surface area contributed by atoms with E-state index < -0.39 is 27.8 Å². The van der Waals surface area contributed by atoms with Crippen LogP contribution in [0.5, 0.6) is 0 Å². The number of ether oxygens (including phenoxy) is 1. The highest BCUT2D eigenvalue weighted by Gasteiger charge is 2.52. The lowest BCUT2D eigenvalue weighted by atomic mass is 9.92. The van der Waals surface area contributed by atoms with Crippen LogP contribution in [0.15, 0.2) is 0 Å². The largest absolute Gasteiger partial charge is 0.480 e. The summed E-state index contributed by atoms with van der Waals surface area (Å²) in [5.41, 5.74) is -1.48. The van der Waals surface area contributed by atoms with Crippen LogP contribution in [0.4, 0.5) is 4.79 Å². The molecule has 1 fully saturated rings. The fraction of sp³-hybridized carbons (Fsp3) is 0.800. The van der Waals surface area contributed by atoms with Gasteiger partial charge in [-0.2, -0.15) is 12.7 Å². The van der Waals surface area contributed by atoms with Crippen LogP contribution >= 0.6 is 0 Å². The van der Waals surface area contributed by atoms with Gasteiger partial charge in [-0.1, -0.05) is 13.3 Å². The average molecular weight is 294 g/mol. The Morgan fingerprint density at radius 3 is 2.58 bits per heavy atom. The molecular formula is C10H18N2O6S. The number of methoxy groups -OCH3 is 1. The number of hydrogen-bond acceptors (Lipinski definition) is 5. The molecule has 1 saturated heterocycles. The van der Waals surface area contributed by atoms with Crippen LogP contribution in [0.2, 0.25) is 0 Å². The van der Waals surface area contributed by atoms with Crippen LogP contribution in [-0.2, 0) is 19.7 Å². The molecule has 1 heterocycles. The van der Waals surface area contributed by atoms with Gasteiger partial charge in [0.2, 0.25) is 0 Å². The Balaban J connectivity index is 3.09. The molecule has 0 aliphatic carbocycles. The van der Waals surface area contributed by atoms with Crippen molar-refractivity contribution >= 4 is 22.3 Å². The fourth-order valence-corrected chi connectivity index (χ4v) is 3.88. The van der Waals surface area contributed by atoms with Gasteiger partial charge in [0.25, 0.3) is 0 Å². The summed E-state index contributed by atoms with van der Waals surface area (Å²) < 4.78 is 30.9. The van der Waals surface area contributed by atoms with Crippen molar-refractivity contribution in [1.29, 1.82) is 0 Å². The van der Waals surface area contributed by atoms with E-state index in [1.807, 2.05) is 0 Å². The van der Waals surface area contributed by atoms with Crippen molar-refractivity contribution in [2.75, 3.05) is 13.7 Å². The van der Waals surface area contributed by atoms with E-state index in [2.05, 4.69) is 4.74 Å². The number of carboxylic acid groups (broad SMARTS) is 1. The Hall–Kier alpha value is -1.35. The van der Waals surface area contributed by atoms with Crippen molar-refractivity contribution < 1.29 is 27.9 Å². The number of nitrogens with zero attached hydrogens (tertiary/aromatic N) is 1. The van der Waals surface area contributed by atoms with Crippen LogP contribution < -0.4 is 4.72 Å². The van der Waals surface area contributed by atoms with E-state index >= 15 is 0 Å². The predicted molar refractivity (Wildman–Crippen MR) is 65.7 cm³/mol. The normalized spacial score (nSPS) is 24.1. The summed E-state index contributed by atoms with van der Waals surface area (Å²) in [6.07, 6.45) is 0.260. The molecule has 0 radical (unpaired) electrons. The predicted octanol–water partition coefficient (Wildman–Crippen LogP) is 0.307. The quantitative estimate of drug-likeness (QED) is 0.754. The van der Waals surface area contributed by atoms with Gasteiger partial charge < -0.3 is 9.84 Å². The molecule has 8 nitrogen and oxygen atoms in total. The number of aliphatic carboxylic acids is 1. The van der Waals surface area contributed by atoms with E-state index in [0.717, 1.165) is 11.4 Å². The Morgan fingerprint density at radius 2 is 2.11 bits per heavy atom. The van der Waals surface area contributed by atoms with Crippen molar-refractivity contribution in [2.24, 2.45) is 0 Å². The first kappa shape index (κ1) is 15.7. The number of rotatable bonds is 5. The lowest BCUT2D eigenvalue weighted by Crippen LogP contribution is -2.56. The molecule has 0 spiro atoms. The number of hydrogen-bond donors (Lipinski definition) is 2. The van der Waals surface area contributed by atoms with Crippen LogP contribution in [0, 0.1) is 0 Å². The third-order valence-corrected chi connectivity index (χ3v) is 4.72. The summed E-state index contributed by atoms with van der Waals surface area (Å²) >= 11 is 0. The van der Waals surface area contributed by atoms with Gasteiger partial charge in [-0.15, -0.1) is 0 Å². The highest BCUT2D eigenvalue weighted by Crippen LogP contribution is 2.35. The van der Waals surface area contributed by atoms with Crippen molar-refractivity contribution in [3.63, 3.8) is 0 Å². The number of carbonyl (C=O) groups is 2. The van der Waals surface area contributed by atoms with Gasteiger partial charge in [-0.25, -0.2) is 9.52 Å². The maximum Gasteiger partial charge on any atom is 0.421 e. The first-order chi connectivity index (χ1) is 8.80. The molecule has 9 heteroatoms. The minimum atomic E-state index is -4.22. The molecule has 1 rings (SSSR count). The molecule has 0 aromatic carbocycles. The SMILES string of the molecule is CCCC1(C(=O)O)CCCN1S(=O)(=O)NC(=O)OC. The molecule has 110 valence electrons. The second kappa shape index (κ2) is 5.74. The molecule has 1 aliphatic heterocycles. The molecule has 19 heavy (non-hydrogen) atoms. The zero-order valence-corrected chi connectivity index (χ0v) is 11.7. The van der Waals surface area contributed by atoms with Gasteiger partial charge in [0.1, 0.15) is 5.54 Å². The van der Waals surface area contributed by atoms with E-state index in [1.165, 1.54) is 0 Å². The molecule has 1 unspecified atom stereocenters. The highest BCUT2D eigenvalue weighted by atomic mass is 32.2. The first-order valence-electron chi connectivity index (χ1n) is 5.92. The van der Waals surface area contributed by atoms with E-state index in [0.29, 0.717) is 12.8 Å². The van der Waals surface area contributed by atoms with Gasteiger partial charge in [0.05, 0.1) is 7.11 Å². The van der Waals surface area contributed by atoms with Crippen molar-refractivity contribution in [3.8, 4) is 0 Å².